The molecular weight excluding hydrogens is 408 g/mol. The third-order valence-electron chi connectivity index (χ3n) is 5.25. The van der Waals surface area contributed by atoms with E-state index in [-0.39, 0.29) is 16.8 Å². The number of carbonyl (C=O) groups is 1. The van der Waals surface area contributed by atoms with E-state index in [4.69, 9.17) is 0 Å². The van der Waals surface area contributed by atoms with Crippen LogP contribution in [-0.4, -0.2) is 27.4 Å². The van der Waals surface area contributed by atoms with Gasteiger partial charge in [0.15, 0.2) is 0 Å². The van der Waals surface area contributed by atoms with Crippen molar-refractivity contribution in [1.29, 1.82) is 0 Å². The summed E-state index contributed by atoms with van der Waals surface area (Å²) in [6, 6.07) is 23.5. The summed E-state index contributed by atoms with van der Waals surface area (Å²) in [6.45, 7) is 3.86. The van der Waals surface area contributed by atoms with Crippen molar-refractivity contribution in [1.82, 2.24) is 5.32 Å². The second kappa shape index (κ2) is 9.79. The van der Waals surface area contributed by atoms with Gasteiger partial charge in [0.05, 0.1) is 16.1 Å². The molecule has 0 saturated heterocycles. The van der Waals surface area contributed by atoms with Crippen LogP contribution in [-0.2, 0) is 16.4 Å². The highest BCUT2D eigenvalue weighted by atomic mass is 32.2. The number of carbonyl (C=O) groups excluding carboxylic acids is 1. The maximum absolute atomic E-state index is 13.1. The lowest BCUT2D eigenvalue weighted by Gasteiger charge is -2.23. The third kappa shape index (κ3) is 5.52. The molecule has 0 aromatic heterocycles. The first-order valence-electron chi connectivity index (χ1n) is 10.3. The first kappa shape index (κ1) is 22.6. The normalized spacial score (nSPS) is 12.2. The predicted octanol–water partition coefficient (Wildman–Crippen LogP) is 4.57. The summed E-state index contributed by atoms with van der Waals surface area (Å²) in [5.41, 5.74) is 2.86. The van der Waals surface area contributed by atoms with Gasteiger partial charge in [-0.15, -0.1) is 0 Å². The number of rotatable bonds is 8. The standard InChI is InChI=1S/C25H28N2O3S/c1-19-13-17-22(18-14-19)31(29,30)27(3)24-12-8-7-11-23(24)25(28)26-20(2)15-16-21-9-5-4-6-10-21/h4-14,17-18,20H,15-16H2,1-3H3,(H,26,28)/t20-/m0/s1. The van der Waals surface area contributed by atoms with E-state index in [9.17, 15) is 13.2 Å². The molecule has 0 aliphatic rings. The zero-order valence-electron chi connectivity index (χ0n) is 18.1. The molecule has 3 aromatic rings. The molecule has 0 spiro atoms. The Morgan fingerprint density at radius 3 is 2.23 bits per heavy atom. The highest BCUT2D eigenvalue weighted by molar-refractivity contribution is 7.92. The van der Waals surface area contributed by atoms with Crippen molar-refractivity contribution in [3.63, 3.8) is 0 Å². The van der Waals surface area contributed by atoms with Crippen molar-refractivity contribution in [2.24, 2.45) is 0 Å². The van der Waals surface area contributed by atoms with Crippen molar-refractivity contribution in [3.05, 3.63) is 95.6 Å². The number of anilines is 1. The van der Waals surface area contributed by atoms with E-state index in [0.29, 0.717) is 11.3 Å². The minimum absolute atomic E-state index is 0.0558. The maximum Gasteiger partial charge on any atom is 0.264 e. The first-order valence-corrected chi connectivity index (χ1v) is 11.7. The fraction of sp³-hybridized carbons (Fsp3) is 0.240. The predicted molar refractivity (Wildman–Crippen MR) is 125 cm³/mol. The summed E-state index contributed by atoms with van der Waals surface area (Å²) < 4.78 is 27.4. The molecule has 6 heteroatoms. The summed E-state index contributed by atoms with van der Waals surface area (Å²) in [4.78, 5) is 13.2. The Morgan fingerprint density at radius 1 is 0.935 bits per heavy atom. The Balaban J connectivity index is 1.76. The molecule has 1 amide bonds. The molecule has 0 radical (unpaired) electrons. The molecule has 5 nitrogen and oxygen atoms in total. The molecule has 0 unspecified atom stereocenters. The second-order valence-electron chi connectivity index (χ2n) is 7.70. The number of nitrogens with zero attached hydrogens (tertiary/aromatic N) is 1. The molecule has 31 heavy (non-hydrogen) atoms. The smallest absolute Gasteiger partial charge is 0.264 e. The van der Waals surface area contributed by atoms with Gasteiger partial charge in [0.2, 0.25) is 0 Å². The molecule has 0 heterocycles. The highest BCUT2D eigenvalue weighted by Gasteiger charge is 2.25. The number of benzene rings is 3. The zero-order chi connectivity index (χ0) is 22.4. The summed E-state index contributed by atoms with van der Waals surface area (Å²) in [5.74, 6) is -0.290. The van der Waals surface area contributed by atoms with Crippen LogP contribution in [0.1, 0.15) is 34.8 Å². The minimum atomic E-state index is -3.79. The van der Waals surface area contributed by atoms with Crippen LogP contribution >= 0.6 is 0 Å². The van der Waals surface area contributed by atoms with E-state index in [1.54, 1.807) is 48.5 Å². The summed E-state index contributed by atoms with van der Waals surface area (Å²) in [6.07, 6.45) is 1.64. The number of nitrogens with one attached hydrogen (secondary N) is 1. The fourth-order valence-electron chi connectivity index (χ4n) is 3.34. The second-order valence-corrected chi connectivity index (χ2v) is 9.67. The van der Waals surface area contributed by atoms with E-state index in [0.717, 1.165) is 18.4 Å². The van der Waals surface area contributed by atoms with Crippen molar-refractivity contribution >= 4 is 21.6 Å². The molecular formula is C25H28N2O3S. The number of hydrogen-bond donors (Lipinski definition) is 1. The van der Waals surface area contributed by atoms with Gasteiger partial charge in [-0.3, -0.25) is 9.10 Å². The van der Waals surface area contributed by atoms with Crippen LogP contribution in [0.4, 0.5) is 5.69 Å². The molecule has 3 aromatic carbocycles. The van der Waals surface area contributed by atoms with Gasteiger partial charge in [0, 0.05) is 13.1 Å². The van der Waals surface area contributed by atoms with Gasteiger partial charge < -0.3 is 5.32 Å². The fourth-order valence-corrected chi connectivity index (χ4v) is 4.55. The van der Waals surface area contributed by atoms with Crippen LogP contribution < -0.4 is 9.62 Å². The summed E-state index contributed by atoms with van der Waals surface area (Å²) in [5, 5.41) is 3.00. The molecule has 0 bridgehead atoms. The largest absolute Gasteiger partial charge is 0.350 e. The van der Waals surface area contributed by atoms with Gasteiger partial charge in [-0.05, 0) is 56.5 Å². The lowest BCUT2D eigenvalue weighted by Crippen LogP contribution is -2.35. The molecule has 0 saturated carbocycles. The van der Waals surface area contributed by atoms with E-state index >= 15 is 0 Å². The molecule has 1 atom stereocenters. The molecule has 0 fully saturated rings. The van der Waals surface area contributed by atoms with Gasteiger partial charge in [0.25, 0.3) is 15.9 Å². The molecule has 3 rings (SSSR count). The average Bonchev–Trinajstić information content (AvgIpc) is 2.78. The third-order valence-corrected chi connectivity index (χ3v) is 7.04. The van der Waals surface area contributed by atoms with Crippen molar-refractivity contribution in [2.75, 3.05) is 11.4 Å². The monoisotopic (exact) mass is 436 g/mol. The van der Waals surface area contributed by atoms with Gasteiger partial charge in [-0.25, -0.2) is 8.42 Å². The molecule has 162 valence electrons. The molecule has 1 N–H and O–H groups in total. The van der Waals surface area contributed by atoms with Crippen molar-refractivity contribution in [2.45, 2.75) is 37.6 Å². The first-order chi connectivity index (χ1) is 14.8. The summed E-state index contributed by atoms with van der Waals surface area (Å²) in [7, 11) is -2.31. The Hall–Kier alpha value is -3.12. The van der Waals surface area contributed by atoms with Gasteiger partial charge in [-0.1, -0.05) is 60.2 Å². The van der Waals surface area contributed by atoms with Crippen LogP contribution in [0.2, 0.25) is 0 Å². The van der Waals surface area contributed by atoms with Crippen molar-refractivity contribution < 1.29 is 13.2 Å². The van der Waals surface area contributed by atoms with E-state index < -0.39 is 10.0 Å². The number of aryl methyl sites for hydroxylation is 2. The Kier molecular flexibility index (Phi) is 7.13. The van der Waals surface area contributed by atoms with E-state index in [1.165, 1.54) is 16.9 Å². The quantitative estimate of drug-likeness (QED) is 0.562. The van der Waals surface area contributed by atoms with Crippen molar-refractivity contribution in [3.8, 4) is 0 Å². The topological polar surface area (TPSA) is 66.5 Å². The Bertz CT molecular complexity index is 1130. The van der Waals surface area contributed by atoms with Gasteiger partial charge in [0.1, 0.15) is 0 Å². The Labute approximate surface area is 184 Å². The maximum atomic E-state index is 13.1. The number of sulfonamides is 1. The minimum Gasteiger partial charge on any atom is -0.350 e. The van der Waals surface area contributed by atoms with Gasteiger partial charge in [-0.2, -0.15) is 0 Å². The average molecular weight is 437 g/mol. The molecule has 0 aliphatic carbocycles. The van der Waals surface area contributed by atoms with Crippen LogP contribution in [0.5, 0.6) is 0 Å². The van der Waals surface area contributed by atoms with E-state index in [1.807, 2.05) is 32.0 Å². The highest BCUT2D eigenvalue weighted by Crippen LogP contribution is 2.26. The lowest BCUT2D eigenvalue weighted by atomic mass is 10.1. The number of hydrogen-bond acceptors (Lipinski definition) is 3. The van der Waals surface area contributed by atoms with Crippen LogP contribution in [0.25, 0.3) is 0 Å². The van der Waals surface area contributed by atoms with Crippen LogP contribution in [0.3, 0.4) is 0 Å². The lowest BCUT2D eigenvalue weighted by molar-refractivity contribution is 0.0939. The van der Waals surface area contributed by atoms with Crippen LogP contribution in [0.15, 0.2) is 83.8 Å². The Morgan fingerprint density at radius 2 is 1.55 bits per heavy atom. The van der Waals surface area contributed by atoms with Gasteiger partial charge >= 0.3 is 0 Å². The number of amides is 1. The van der Waals surface area contributed by atoms with E-state index in [2.05, 4.69) is 17.4 Å². The summed E-state index contributed by atoms with van der Waals surface area (Å²) >= 11 is 0. The molecule has 0 aliphatic heterocycles. The van der Waals surface area contributed by atoms with Crippen LogP contribution in [0, 0.1) is 6.92 Å². The number of para-hydroxylation sites is 1. The zero-order valence-corrected chi connectivity index (χ0v) is 18.9. The SMILES string of the molecule is Cc1ccc(S(=O)(=O)N(C)c2ccccc2C(=O)N[C@@H](C)CCc2ccccc2)cc1.